The fourth-order valence-electron chi connectivity index (χ4n) is 2.66. The van der Waals surface area contributed by atoms with Gasteiger partial charge in [0, 0.05) is 30.7 Å². The Bertz CT molecular complexity index is 366. The highest BCUT2D eigenvalue weighted by atomic mass is 32.1. The molecule has 2 rings (SSSR count). The summed E-state index contributed by atoms with van der Waals surface area (Å²) in [5, 5.41) is 5.03. The van der Waals surface area contributed by atoms with Crippen LogP contribution in [0.2, 0.25) is 0 Å². The van der Waals surface area contributed by atoms with Gasteiger partial charge < -0.3 is 5.43 Å². The van der Waals surface area contributed by atoms with Crippen LogP contribution in [-0.4, -0.2) is 27.1 Å². The van der Waals surface area contributed by atoms with Gasteiger partial charge in [-0.1, -0.05) is 18.3 Å². The smallest absolute Gasteiger partial charge is 0.148 e. The minimum atomic E-state index is 0.596. The molecule has 0 saturated carbocycles. The second-order valence-electron chi connectivity index (χ2n) is 5.18. The summed E-state index contributed by atoms with van der Waals surface area (Å²) in [6.07, 6.45) is 1.31. The van der Waals surface area contributed by atoms with Crippen LogP contribution in [0.4, 0.5) is 5.00 Å². The first-order valence-corrected chi connectivity index (χ1v) is 6.91. The number of nitrogens with zero attached hydrogens (tertiary/aromatic N) is 3. The Morgan fingerprint density at radius 3 is 2.94 bits per heavy atom. The van der Waals surface area contributed by atoms with E-state index >= 15 is 0 Å². The normalized spacial score (nSPS) is 30.5. The Labute approximate surface area is 107 Å². The molecule has 3 unspecified atom stereocenters. The molecule has 2 heterocycles. The largest absolute Gasteiger partial charge is 0.313 e. The number of likely N-dealkylation sites (tertiary alicyclic amines) is 1. The summed E-state index contributed by atoms with van der Waals surface area (Å²) in [6, 6.07) is 0.596. The number of anilines is 1. The Morgan fingerprint density at radius 2 is 2.24 bits per heavy atom. The van der Waals surface area contributed by atoms with E-state index in [0.717, 1.165) is 35.6 Å². The lowest BCUT2D eigenvalue weighted by Gasteiger charge is -2.40. The van der Waals surface area contributed by atoms with E-state index < -0.39 is 0 Å². The molecule has 0 radical (unpaired) electrons. The van der Waals surface area contributed by atoms with E-state index in [4.69, 9.17) is 5.84 Å². The monoisotopic (exact) mass is 255 g/mol. The Kier molecular flexibility index (Phi) is 3.96. The molecule has 1 aliphatic heterocycles. The molecule has 0 spiro atoms. The molecule has 0 aromatic carbocycles. The number of nitrogens with two attached hydrogens (primary N) is 1. The second kappa shape index (κ2) is 5.29. The van der Waals surface area contributed by atoms with Crippen LogP contribution < -0.4 is 11.3 Å². The van der Waals surface area contributed by atoms with Crippen LogP contribution in [-0.2, 0) is 6.54 Å². The van der Waals surface area contributed by atoms with Gasteiger partial charge in [-0.3, -0.25) is 4.90 Å². The van der Waals surface area contributed by atoms with Crippen LogP contribution >= 0.6 is 11.5 Å². The molecule has 1 aromatic heterocycles. The van der Waals surface area contributed by atoms with E-state index in [2.05, 4.69) is 40.7 Å². The van der Waals surface area contributed by atoms with Gasteiger partial charge in [0.25, 0.3) is 0 Å². The summed E-state index contributed by atoms with van der Waals surface area (Å²) in [5.74, 6) is 6.94. The molecule has 1 fully saturated rings. The van der Waals surface area contributed by atoms with Crippen LogP contribution in [0, 0.1) is 11.8 Å². The van der Waals surface area contributed by atoms with Crippen LogP contribution in [0.25, 0.3) is 0 Å². The van der Waals surface area contributed by atoms with Crippen molar-refractivity contribution < 1.29 is 0 Å². The molecule has 3 N–H and O–H groups in total. The highest BCUT2D eigenvalue weighted by molar-refractivity contribution is 7.10. The van der Waals surface area contributed by atoms with Crippen molar-refractivity contribution in [2.75, 3.05) is 12.0 Å². The third-order valence-corrected chi connectivity index (χ3v) is 4.46. The maximum absolute atomic E-state index is 5.45. The van der Waals surface area contributed by atoms with Crippen molar-refractivity contribution in [2.24, 2.45) is 17.7 Å². The summed E-state index contributed by atoms with van der Waals surface area (Å²) in [5.41, 5.74) is 3.63. The third kappa shape index (κ3) is 2.75. The Hall–Kier alpha value is -0.720. The number of piperidine rings is 1. The summed E-state index contributed by atoms with van der Waals surface area (Å²) >= 11 is 1.32. The van der Waals surface area contributed by atoms with Crippen molar-refractivity contribution in [1.29, 1.82) is 0 Å². The number of aromatic nitrogens is 2. The zero-order chi connectivity index (χ0) is 12.4. The topological polar surface area (TPSA) is 67.1 Å². The Morgan fingerprint density at radius 1 is 1.47 bits per heavy atom. The standard InChI is InChI=1S/C11H21N5S/c1-7-4-8(2)9(3)16(5-7)6-10-11(13-12)17-15-14-10/h7-9,13H,4-6,12H2,1-3H3. The molecule has 6 heteroatoms. The lowest BCUT2D eigenvalue weighted by atomic mass is 9.86. The molecule has 17 heavy (non-hydrogen) atoms. The molecular formula is C11H21N5S. The number of nitrogens with one attached hydrogen (secondary N) is 1. The van der Waals surface area contributed by atoms with Gasteiger partial charge >= 0.3 is 0 Å². The predicted molar refractivity (Wildman–Crippen MR) is 70.5 cm³/mol. The van der Waals surface area contributed by atoms with Crippen molar-refractivity contribution >= 4 is 16.5 Å². The maximum Gasteiger partial charge on any atom is 0.148 e. The molecule has 0 bridgehead atoms. The predicted octanol–water partition coefficient (Wildman–Crippen LogP) is 1.69. The fourth-order valence-corrected chi connectivity index (χ4v) is 3.14. The summed E-state index contributed by atoms with van der Waals surface area (Å²) in [6.45, 7) is 8.91. The van der Waals surface area contributed by atoms with E-state index in [0.29, 0.717) is 6.04 Å². The first-order chi connectivity index (χ1) is 8.11. The molecule has 0 aliphatic carbocycles. The minimum absolute atomic E-state index is 0.596. The number of hydrogen-bond acceptors (Lipinski definition) is 6. The Balaban J connectivity index is 2.07. The molecule has 1 aliphatic rings. The first kappa shape index (κ1) is 12.7. The SMILES string of the molecule is CC1CC(C)C(C)N(Cc2nnsc2NN)C1. The van der Waals surface area contributed by atoms with E-state index in [9.17, 15) is 0 Å². The van der Waals surface area contributed by atoms with E-state index in [1.54, 1.807) is 0 Å². The molecule has 3 atom stereocenters. The highest BCUT2D eigenvalue weighted by Gasteiger charge is 2.29. The molecule has 5 nitrogen and oxygen atoms in total. The second-order valence-corrected chi connectivity index (χ2v) is 5.94. The van der Waals surface area contributed by atoms with Crippen molar-refractivity contribution in [3.63, 3.8) is 0 Å². The van der Waals surface area contributed by atoms with Crippen LogP contribution in [0.3, 0.4) is 0 Å². The average Bonchev–Trinajstić information content (AvgIpc) is 2.72. The van der Waals surface area contributed by atoms with Gasteiger partial charge in [-0.25, -0.2) is 5.84 Å². The van der Waals surface area contributed by atoms with Crippen LogP contribution in [0.5, 0.6) is 0 Å². The summed E-state index contributed by atoms with van der Waals surface area (Å²) in [7, 11) is 0. The molecule has 96 valence electrons. The van der Waals surface area contributed by atoms with Crippen molar-refractivity contribution in [3.8, 4) is 0 Å². The molecule has 1 saturated heterocycles. The summed E-state index contributed by atoms with van der Waals surface area (Å²) in [4.78, 5) is 2.48. The zero-order valence-corrected chi connectivity index (χ0v) is 11.5. The lowest BCUT2D eigenvalue weighted by Crippen LogP contribution is -2.45. The van der Waals surface area contributed by atoms with Crippen molar-refractivity contribution in [2.45, 2.75) is 39.8 Å². The zero-order valence-electron chi connectivity index (χ0n) is 10.7. The molecular weight excluding hydrogens is 234 g/mol. The van der Waals surface area contributed by atoms with Gasteiger partial charge in [0.15, 0.2) is 0 Å². The fraction of sp³-hybridized carbons (Fsp3) is 0.818. The van der Waals surface area contributed by atoms with Gasteiger partial charge in [-0.15, -0.1) is 5.10 Å². The van der Waals surface area contributed by atoms with Crippen LogP contribution in [0.15, 0.2) is 0 Å². The third-order valence-electron chi connectivity index (χ3n) is 3.76. The molecule has 0 amide bonds. The van der Waals surface area contributed by atoms with E-state index in [-0.39, 0.29) is 0 Å². The number of hydrogen-bond donors (Lipinski definition) is 2. The van der Waals surface area contributed by atoms with E-state index in [1.807, 2.05) is 0 Å². The van der Waals surface area contributed by atoms with Gasteiger partial charge in [0.05, 0.1) is 0 Å². The maximum atomic E-state index is 5.45. The van der Waals surface area contributed by atoms with Crippen molar-refractivity contribution in [1.82, 2.24) is 14.5 Å². The first-order valence-electron chi connectivity index (χ1n) is 6.13. The number of nitrogen functional groups attached to an aromatic ring is 1. The van der Waals surface area contributed by atoms with Gasteiger partial charge in [-0.2, -0.15) is 0 Å². The van der Waals surface area contributed by atoms with Gasteiger partial charge in [-0.05, 0) is 25.2 Å². The number of rotatable bonds is 3. The quantitative estimate of drug-likeness (QED) is 0.635. The van der Waals surface area contributed by atoms with E-state index in [1.165, 1.54) is 18.0 Å². The van der Waals surface area contributed by atoms with Gasteiger partial charge in [0.1, 0.15) is 10.7 Å². The summed E-state index contributed by atoms with van der Waals surface area (Å²) < 4.78 is 3.94. The minimum Gasteiger partial charge on any atom is -0.313 e. The average molecular weight is 255 g/mol. The van der Waals surface area contributed by atoms with Crippen molar-refractivity contribution in [3.05, 3.63) is 5.69 Å². The molecule has 1 aromatic rings. The highest BCUT2D eigenvalue weighted by Crippen LogP contribution is 2.29. The lowest BCUT2D eigenvalue weighted by molar-refractivity contribution is 0.0720. The van der Waals surface area contributed by atoms with Crippen LogP contribution in [0.1, 0.15) is 32.9 Å². The van der Waals surface area contributed by atoms with Gasteiger partial charge in [0.2, 0.25) is 0 Å². The number of hydrazine groups is 1.